The van der Waals surface area contributed by atoms with E-state index in [-0.39, 0.29) is 29.1 Å². The van der Waals surface area contributed by atoms with E-state index in [4.69, 9.17) is 4.74 Å². The Morgan fingerprint density at radius 3 is 2.58 bits per heavy atom. The first-order valence-electron chi connectivity index (χ1n) is 10.2. The number of carbonyl (C=O) groups excluding carboxylic acids is 2. The van der Waals surface area contributed by atoms with Crippen molar-refractivity contribution in [3.8, 4) is 0 Å². The number of ether oxygens (including phenoxy) is 1. The summed E-state index contributed by atoms with van der Waals surface area (Å²) in [5.41, 5.74) is 1.60. The Bertz CT molecular complexity index is 964. The van der Waals surface area contributed by atoms with Crippen molar-refractivity contribution >= 4 is 29.3 Å². The highest BCUT2D eigenvalue weighted by atomic mass is 32.2. The Balaban J connectivity index is 1.91. The summed E-state index contributed by atoms with van der Waals surface area (Å²) in [5.74, 6) is -0.233. The molecule has 0 spiro atoms. The number of rotatable bonds is 7. The maximum absolute atomic E-state index is 13.5. The molecule has 1 aliphatic rings. The van der Waals surface area contributed by atoms with E-state index < -0.39 is 22.8 Å². The van der Waals surface area contributed by atoms with Gasteiger partial charge in [-0.15, -0.1) is 11.8 Å². The highest BCUT2D eigenvalue weighted by molar-refractivity contribution is 8.00. The minimum absolute atomic E-state index is 0.115. The monoisotopic (exact) mass is 442 g/mol. The lowest BCUT2D eigenvalue weighted by atomic mass is 10.1. The molecule has 0 radical (unpaired) electrons. The molecule has 2 unspecified atom stereocenters. The fourth-order valence-electron chi connectivity index (χ4n) is 3.42. The van der Waals surface area contributed by atoms with E-state index in [2.05, 4.69) is 0 Å². The molecule has 0 aliphatic carbocycles. The molecule has 0 aromatic heterocycles. The standard InChI is InChI=1S/C23H26N2O5S/c1-15(2)13-30-23(27)20-14-31-21(11-17-7-5-4-6-8-17)24(20)22(26)18-10-9-16(3)19(12-18)25(28)29/h4-10,12,15,20-21H,11,13-14H2,1-3H3. The van der Waals surface area contributed by atoms with Crippen LogP contribution in [-0.4, -0.2) is 45.5 Å². The van der Waals surface area contributed by atoms with E-state index in [1.807, 2.05) is 44.2 Å². The van der Waals surface area contributed by atoms with Gasteiger partial charge >= 0.3 is 5.97 Å². The van der Waals surface area contributed by atoms with Crippen LogP contribution in [0.4, 0.5) is 5.69 Å². The molecule has 0 N–H and O–H groups in total. The molecule has 2 aromatic carbocycles. The molecule has 1 amide bonds. The number of amides is 1. The molecular formula is C23H26N2O5S. The second-order valence-electron chi connectivity index (χ2n) is 7.99. The first-order chi connectivity index (χ1) is 14.8. The van der Waals surface area contributed by atoms with E-state index in [0.717, 1.165) is 5.56 Å². The number of nitrogens with zero attached hydrogens (tertiary/aromatic N) is 2. The Kier molecular flexibility index (Phi) is 7.33. The van der Waals surface area contributed by atoms with Gasteiger partial charge < -0.3 is 9.64 Å². The van der Waals surface area contributed by atoms with Crippen LogP contribution in [0.15, 0.2) is 48.5 Å². The lowest BCUT2D eigenvalue weighted by molar-refractivity contribution is -0.385. The van der Waals surface area contributed by atoms with Crippen LogP contribution < -0.4 is 0 Å². The van der Waals surface area contributed by atoms with Gasteiger partial charge in [0.15, 0.2) is 0 Å². The summed E-state index contributed by atoms with van der Waals surface area (Å²) in [4.78, 5) is 38.6. The second-order valence-corrected chi connectivity index (χ2v) is 9.20. The highest BCUT2D eigenvalue weighted by Gasteiger charge is 2.43. The number of hydrogen-bond acceptors (Lipinski definition) is 6. The highest BCUT2D eigenvalue weighted by Crippen LogP contribution is 2.34. The number of nitro benzene ring substituents is 1. The summed E-state index contributed by atoms with van der Waals surface area (Å²) < 4.78 is 5.43. The number of benzene rings is 2. The third kappa shape index (κ3) is 5.44. The molecule has 3 rings (SSSR count). The number of hydrogen-bond donors (Lipinski definition) is 0. The van der Waals surface area contributed by atoms with Crippen LogP contribution >= 0.6 is 11.8 Å². The normalized spacial score (nSPS) is 18.3. The maximum atomic E-state index is 13.5. The van der Waals surface area contributed by atoms with Crippen molar-refractivity contribution in [1.82, 2.24) is 4.90 Å². The number of esters is 1. The van der Waals surface area contributed by atoms with Crippen LogP contribution in [0.5, 0.6) is 0 Å². The minimum Gasteiger partial charge on any atom is -0.464 e. The zero-order valence-corrected chi connectivity index (χ0v) is 18.6. The summed E-state index contributed by atoms with van der Waals surface area (Å²) >= 11 is 1.52. The molecule has 1 fully saturated rings. The molecule has 2 aromatic rings. The summed E-state index contributed by atoms with van der Waals surface area (Å²) in [6.07, 6.45) is 0.569. The molecule has 7 nitrogen and oxygen atoms in total. The average Bonchev–Trinajstić information content (AvgIpc) is 3.15. The van der Waals surface area contributed by atoms with Crippen LogP contribution in [0.25, 0.3) is 0 Å². The van der Waals surface area contributed by atoms with Crippen molar-refractivity contribution in [1.29, 1.82) is 0 Å². The lowest BCUT2D eigenvalue weighted by Crippen LogP contribution is -2.47. The van der Waals surface area contributed by atoms with E-state index in [1.165, 1.54) is 22.7 Å². The van der Waals surface area contributed by atoms with Gasteiger partial charge in [0, 0.05) is 29.4 Å². The van der Waals surface area contributed by atoms with Crippen LogP contribution in [0.2, 0.25) is 0 Å². The second kappa shape index (κ2) is 9.96. The smallest absolute Gasteiger partial charge is 0.329 e. The van der Waals surface area contributed by atoms with E-state index in [9.17, 15) is 19.7 Å². The van der Waals surface area contributed by atoms with Crippen LogP contribution in [0.1, 0.15) is 35.3 Å². The number of nitro groups is 1. The predicted octanol–water partition coefficient (Wildman–Crippen LogP) is 4.23. The first-order valence-corrected chi connectivity index (χ1v) is 11.2. The van der Waals surface area contributed by atoms with Gasteiger partial charge in [-0.05, 0) is 24.5 Å². The Labute approximate surface area is 185 Å². The van der Waals surface area contributed by atoms with E-state index in [0.29, 0.717) is 17.7 Å². The zero-order chi connectivity index (χ0) is 22.5. The van der Waals surface area contributed by atoms with E-state index >= 15 is 0 Å². The van der Waals surface area contributed by atoms with Gasteiger partial charge in [0.25, 0.3) is 11.6 Å². The maximum Gasteiger partial charge on any atom is 0.329 e. The fourth-order valence-corrected chi connectivity index (χ4v) is 4.84. The van der Waals surface area contributed by atoms with Gasteiger partial charge in [0.2, 0.25) is 0 Å². The summed E-state index contributed by atoms with van der Waals surface area (Å²) in [6.45, 7) is 5.80. The molecule has 2 atom stereocenters. The number of thioether (sulfide) groups is 1. The number of aryl methyl sites for hydroxylation is 1. The molecule has 31 heavy (non-hydrogen) atoms. The molecule has 1 saturated heterocycles. The van der Waals surface area contributed by atoms with Gasteiger partial charge in [-0.3, -0.25) is 14.9 Å². The van der Waals surface area contributed by atoms with Crippen molar-refractivity contribution in [2.75, 3.05) is 12.4 Å². The van der Waals surface area contributed by atoms with Gasteiger partial charge in [0.05, 0.1) is 16.9 Å². The zero-order valence-electron chi connectivity index (χ0n) is 17.8. The van der Waals surface area contributed by atoms with Gasteiger partial charge in [0.1, 0.15) is 6.04 Å². The summed E-state index contributed by atoms with van der Waals surface area (Å²) in [7, 11) is 0. The average molecular weight is 443 g/mol. The van der Waals surface area contributed by atoms with Crippen LogP contribution in [-0.2, 0) is 16.0 Å². The SMILES string of the molecule is Cc1ccc(C(=O)N2C(Cc3ccccc3)SCC2C(=O)OCC(C)C)cc1[N+](=O)[O-]. The van der Waals surface area contributed by atoms with Crippen molar-refractivity contribution < 1.29 is 19.2 Å². The summed E-state index contributed by atoms with van der Waals surface area (Å²) in [6, 6.07) is 13.4. The summed E-state index contributed by atoms with van der Waals surface area (Å²) in [5, 5.41) is 11.1. The van der Waals surface area contributed by atoms with Crippen molar-refractivity contribution in [2.45, 2.75) is 38.6 Å². The predicted molar refractivity (Wildman–Crippen MR) is 120 cm³/mol. The molecule has 1 aliphatic heterocycles. The third-order valence-electron chi connectivity index (χ3n) is 5.06. The fraction of sp³-hybridized carbons (Fsp3) is 0.391. The van der Waals surface area contributed by atoms with Gasteiger partial charge in [-0.25, -0.2) is 4.79 Å². The largest absolute Gasteiger partial charge is 0.464 e. The lowest BCUT2D eigenvalue weighted by Gasteiger charge is -2.28. The van der Waals surface area contributed by atoms with Crippen LogP contribution in [0.3, 0.4) is 0 Å². The minimum atomic E-state index is -0.731. The molecule has 0 bridgehead atoms. The van der Waals surface area contributed by atoms with Crippen molar-refractivity contribution in [2.24, 2.45) is 5.92 Å². The Morgan fingerprint density at radius 1 is 1.23 bits per heavy atom. The quantitative estimate of drug-likeness (QED) is 0.362. The third-order valence-corrected chi connectivity index (χ3v) is 6.35. The Morgan fingerprint density at radius 2 is 1.94 bits per heavy atom. The molecule has 0 saturated carbocycles. The molecule has 164 valence electrons. The number of carbonyl (C=O) groups is 2. The Hall–Kier alpha value is -2.87. The topological polar surface area (TPSA) is 89.8 Å². The van der Waals surface area contributed by atoms with Gasteiger partial charge in [-0.1, -0.05) is 50.2 Å². The first kappa shape index (κ1) is 22.8. The van der Waals surface area contributed by atoms with Crippen molar-refractivity contribution in [3.05, 3.63) is 75.3 Å². The molecular weight excluding hydrogens is 416 g/mol. The molecule has 1 heterocycles. The van der Waals surface area contributed by atoms with Crippen LogP contribution in [0, 0.1) is 23.0 Å². The van der Waals surface area contributed by atoms with Crippen molar-refractivity contribution in [3.63, 3.8) is 0 Å². The molecule has 8 heteroatoms. The van der Waals surface area contributed by atoms with E-state index in [1.54, 1.807) is 19.1 Å². The van der Waals surface area contributed by atoms with Gasteiger partial charge in [-0.2, -0.15) is 0 Å².